The van der Waals surface area contributed by atoms with Gasteiger partial charge < -0.3 is 16.0 Å². The highest BCUT2D eigenvalue weighted by molar-refractivity contribution is 5.93. The quantitative estimate of drug-likeness (QED) is 0.700. The molecule has 3 aliphatic rings. The minimum absolute atomic E-state index is 0.254. The van der Waals surface area contributed by atoms with Gasteiger partial charge in [-0.1, -0.05) is 0 Å². The van der Waals surface area contributed by atoms with Crippen molar-refractivity contribution >= 4 is 11.8 Å². The number of nitrogens with two attached hydrogens (primary N) is 1. The van der Waals surface area contributed by atoms with E-state index in [-0.39, 0.29) is 11.8 Å². The maximum absolute atomic E-state index is 11.3. The SMILES string of the molecule is NC(=O)N1CCC2C(CNC2C2=CC(=O)CC2)C1. The molecule has 3 atom stereocenters. The molecule has 2 amide bonds. The van der Waals surface area contributed by atoms with Crippen molar-refractivity contribution in [2.75, 3.05) is 19.6 Å². The summed E-state index contributed by atoms with van der Waals surface area (Å²) in [5.74, 6) is 1.29. The Bertz CT molecular complexity index is 418. The summed E-state index contributed by atoms with van der Waals surface area (Å²) in [6.07, 6.45) is 4.37. The number of hydrogen-bond donors (Lipinski definition) is 2. The van der Waals surface area contributed by atoms with Crippen LogP contribution in [0.25, 0.3) is 0 Å². The molecule has 0 aromatic carbocycles. The molecule has 5 nitrogen and oxygen atoms in total. The molecular formula is C13H19N3O2. The van der Waals surface area contributed by atoms with E-state index >= 15 is 0 Å². The summed E-state index contributed by atoms with van der Waals surface area (Å²) in [5, 5.41) is 3.52. The van der Waals surface area contributed by atoms with Crippen LogP contribution >= 0.6 is 0 Å². The summed E-state index contributed by atoms with van der Waals surface area (Å²) in [4.78, 5) is 24.3. The molecule has 2 heterocycles. The number of allylic oxidation sites excluding steroid dienone is 1. The molecular weight excluding hydrogens is 230 g/mol. The van der Waals surface area contributed by atoms with Crippen LogP contribution in [0.2, 0.25) is 0 Å². The molecule has 0 aromatic heterocycles. The van der Waals surface area contributed by atoms with Crippen LogP contribution < -0.4 is 11.1 Å². The topological polar surface area (TPSA) is 75.4 Å². The molecule has 98 valence electrons. The van der Waals surface area contributed by atoms with Gasteiger partial charge in [-0.25, -0.2) is 4.79 Å². The fraction of sp³-hybridized carbons (Fsp3) is 0.692. The lowest BCUT2D eigenvalue weighted by molar-refractivity contribution is -0.114. The van der Waals surface area contributed by atoms with E-state index in [9.17, 15) is 9.59 Å². The van der Waals surface area contributed by atoms with Crippen molar-refractivity contribution in [2.24, 2.45) is 17.6 Å². The lowest BCUT2D eigenvalue weighted by Gasteiger charge is -2.35. The zero-order valence-electron chi connectivity index (χ0n) is 10.4. The second-order valence-corrected chi connectivity index (χ2v) is 5.57. The molecule has 0 radical (unpaired) electrons. The van der Waals surface area contributed by atoms with E-state index in [1.807, 2.05) is 6.08 Å². The van der Waals surface area contributed by atoms with Crippen LogP contribution in [0.1, 0.15) is 19.3 Å². The van der Waals surface area contributed by atoms with Gasteiger partial charge in [-0.3, -0.25) is 4.79 Å². The van der Waals surface area contributed by atoms with E-state index in [4.69, 9.17) is 5.73 Å². The number of primary amides is 1. The number of amides is 2. The monoisotopic (exact) mass is 249 g/mol. The molecule has 0 saturated carbocycles. The summed E-state index contributed by atoms with van der Waals surface area (Å²) < 4.78 is 0. The number of piperidine rings is 1. The smallest absolute Gasteiger partial charge is 0.314 e. The van der Waals surface area contributed by atoms with Gasteiger partial charge in [0, 0.05) is 32.1 Å². The van der Waals surface area contributed by atoms with Gasteiger partial charge in [0.25, 0.3) is 0 Å². The predicted molar refractivity (Wildman–Crippen MR) is 66.9 cm³/mol. The molecule has 0 aromatic rings. The molecule has 2 fully saturated rings. The third-order valence-electron chi connectivity index (χ3n) is 4.54. The summed E-state index contributed by atoms with van der Waals surface area (Å²) in [5.41, 5.74) is 6.60. The van der Waals surface area contributed by atoms with E-state index in [0.717, 1.165) is 32.5 Å². The fourth-order valence-corrected chi connectivity index (χ4v) is 3.61. The van der Waals surface area contributed by atoms with Crippen molar-refractivity contribution in [3.63, 3.8) is 0 Å². The minimum Gasteiger partial charge on any atom is -0.351 e. The summed E-state index contributed by atoms with van der Waals surface area (Å²) in [6, 6.07) is 0.0311. The Hall–Kier alpha value is -1.36. The highest BCUT2D eigenvalue weighted by Gasteiger charge is 2.42. The number of fused-ring (bicyclic) bond motifs is 1. The van der Waals surface area contributed by atoms with Gasteiger partial charge in [-0.15, -0.1) is 0 Å². The number of ketones is 1. The van der Waals surface area contributed by atoms with Gasteiger partial charge >= 0.3 is 6.03 Å². The number of rotatable bonds is 1. The first-order chi connectivity index (χ1) is 8.65. The second kappa shape index (κ2) is 4.39. The molecule has 18 heavy (non-hydrogen) atoms. The highest BCUT2D eigenvalue weighted by atomic mass is 16.2. The Morgan fingerprint density at radius 1 is 1.44 bits per heavy atom. The standard InChI is InChI=1S/C13H19N3O2/c14-13(18)16-4-3-11-9(7-16)6-15-12(11)8-1-2-10(17)5-8/h5,9,11-12,15H,1-4,6-7H2,(H2,14,18). The van der Waals surface area contributed by atoms with Crippen LogP contribution in [0, 0.1) is 11.8 Å². The average molecular weight is 249 g/mol. The van der Waals surface area contributed by atoms with Gasteiger partial charge in [0.15, 0.2) is 5.78 Å². The van der Waals surface area contributed by atoms with E-state index < -0.39 is 0 Å². The Kier molecular flexibility index (Phi) is 2.86. The minimum atomic E-state index is -0.313. The van der Waals surface area contributed by atoms with Gasteiger partial charge in [-0.05, 0) is 36.3 Å². The molecule has 5 heteroatoms. The lowest BCUT2D eigenvalue weighted by atomic mass is 9.81. The number of nitrogens with one attached hydrogen (secondary N) is 1. The Morgan fingerprint density at radius 2 is 2.28 bits per heavy atom. The van der Waals surface area contributed by atoms with Crippen molar-refractivity contribution in [3.05, 3.63) is 11.6 Å². The number of nitrogens with zero attached hydrogens (tertiary/aromatic N) is 1. The van der Waals surface area contributed by atoms with Gasteiger partial charge in [0.05, 0.1) is 0 Å². The Balaban J connectivity index is 1.70. The van der Waals surface area contributed by atoms with Crippen LogP contribution in [0.4, 0.5) is 4.79 Å². The van der Waals surface area contributed by atoms with Crippen molar-refractivity contribution in [3.8, 4) is 0 Å². The molecule has 0 bridgehead atoms. The van der Waals surface area contributed by atoms with Crippen LogP contribution in [-0.4, -0.2) is 42.4 Å². The first-order valence-electron chi connectivity index (χ1n) is 6.66. The molecule has 3 N–H and O–H groups in total. The van der Waals surface area contributed by atoms with Gasteiger partial charge in [0.2, 0.25) is 0 Å². The van der Waals surface area contributed by atoms with Crippen LogP contribution in [0.3, 0.4) is 0 Å². The first kappa shape index (κ1) is 11.7. The third kappa shape index (κ3) is 1.92. The molecule has 1 aliphatic carbocycles. The molecule has 0 spiro atoms. The molecule has 3 rings (SSSR count). The number of likely N-dealkylation sites (tertiary alicyclic amines) is 1. The lowest BCUT2D eigenvalue weighted by Crippen LogP contribution is -2.46. The summed E-state index contributed by atoms with van der Waals surface area (Å²) in [7, 11) is 0. The van der Waals surface area contributed by atoms with Crippen LogP contribution in [0.15, 0.2) is 11.6 Å². The highest BCUT2D eigenvalue weighted by Crippen LogP contribution is 2.36. The van der Waals surface area contributed by atoms with E-state index in [2.05, 4.69) is 5.32 Å². The Labute approximate surface area is 106 Å². The number of carbonyl (C=O) groups is 2. The number of carbonyl (C=O) groups excluding carboxylic acids is 2. The van der Waals surface area contributed by atoms with Crippen molar-refractivity contribution < 1.29 is 9.59 Å². The van der Waals surface area contributed by atoms with E-state index in [1.54, 1.807) is 4.90 Å². The van der Waals surface area contributed by atoms with E-state index in [1.165, 1.54) is 5.57 Å². The van der Waals surface area contributed by atoms with Crippen LogP contribution in [-0.2, 0) is 4.79 Å². The number of urea groups is 1. The zero-order chi connectivity index (χ0) is 12.7. The van der Waals surface area contributed by atoms with Crippen LogP contribution in [0.5, 0.6) is 0 Å². The molecule has 2 aliphatic heterocycles. The summed E-state index contributed by atoms with van der Waals surface area (Å²) in [6.45, 7) is 2.42. The average Bonchev–Trinajstić information content (AvgIpc) is 2.93. The maximum atomic E-state index is 11.3. The zero-order valence-corrected chi connectivity index (χ0v) is 10.4. The summed E-state index contributed by atoms with van der Waals surface area (Å²) >= 11 is 0. The van der Waals surface area contributed by atoms with Crippen molar-refractivity contribution in [1.82, 2.24) is 10.2 Å². The van der Waals surface area contributed by atoms with Gasteiger partial charge in [0.1, 0.15) is 0 Å². The normalized spacial score (nSPS) is 35.6. The largest absolute Gasteiger partial charge is 0.351 e. The molecule has 3 unspecified atom stereocenters. The van der Waals surface area contributed by atoms with E-state index in [0.29, 0.717) is 24.3 Å². The van der Waals surface area contributed by atoms with Gasteiger partial charge in [-0.2, -0.15) is 0 Å². The second-order valence-electron chi connectivity index (χ2n) is 5.57. The first-order valence-corrected chi connectivity index (χ1v) is 6.66. The Morgan fingerprint density at radius 3 is 2.94 bits per heavy atom. The number of hydrogen-bond acceptors (Lipinski definition) is 3. The maximum Gasteiger partial charge on any atom is 0.314 e. The molecule has 2 saturated heterocycles. The van der Waals surface area contributed by atoms with Crippen molar-refractivity contribution in [1.29, 1.82) is 0 Å². The van der Waals surface area contributed by atoms with Crippen molar-refractivity contribution in [2.45, 2.75) is 25.3 Å². The third-order valence-corrected chi connectivity index (χ3v) is 4.54. The fourth-order valence-electron chi connectivity index (χ4n) is 3.61. The predicted octanol–water partition coefficient (Wildman–Crippen LogP) is 0.264.